The van der Waals surface area contributed by atoms with E-state index < -0.39 is 6.52 Å². The molecule has 1 unspecified atom stereocenters. The summed E-state index contributed by atoms with van der Waals surface area (Å²) in [4.78, 5) is 0. The fourth-order valence-corrected chi connectivity index (χ4v) is 0.564. The third-order valence-corrected chi connectivity index (χ3v) is 0.992. The molecule has 0 aliphatic carbocycles. The first-order valence-corrected chi connectivity index (χ1v) is 3.53. The van der Waals surface area contributed by atoms with E-state index in [2.05, 4.69) is 0 Å². The van der Waals surface area contributed by atoms with Crippen molar-refractivity contribution >= 4 is 0 Å². The molecule has 0 aliphatic heterocycles. The standard InChI is InChI=1S/C7H9N.C2H6/c8-6-7-4-2-1-3-5-7;1-2/h1-5H,6,8H2;1-2H3/i6D;. The van der Waals surface area contributed by atoms with E-state index in [1.807, 2.05) is 44.2 Å². The van der Waals surface area contributed by atoms with Crippen molar-refractivity contribution in [3.05, 3.63) is 35.9 Å². The number of nitrogens with two attached hydrogens (primary N) is 1. The second kappa shape index (κ2) is 6.30. The molecule has 0 aliphatic rings. The molecule has 0 amide bonds. The maximum Gasteiger partial charge on any atom is 0.0477 e. The average Bonchev–Trinajstić information content (AvgIpc) is 2.10. The normalized spacial score (nSPS) is 12.5. The molecule has 0 aromatic heterocycles. The van der Waals surface area contributed by atoms with Crippen molar-refractivity contribution in [2.45, 2.75) is 20.4 Å². The van der Waals surface area contributed by atoms with Crippen LogP contribution in [0.3, 0.4) is 0 Å². The molecule has 1 rings (SSSR count). The Balaban J connectivity index is 0.000000461. The number of hydrogen-bond donors (Lipinski definition) is 1. The van der Waals surface area contributed by atoms with E-state index in [4.69, 9.17) is 7.10 Å². The molecular formula is C9H15N. The van der Waals surface area contributed by atoms with Crippen LogP contribution in [0, 0.1) is 0 Å². The zero-order valence-electron chi connectivity index (χ0n) is 7.54. The summed E-state index contributed by atoms with van der Waals surface area (Å²) < 4.78 is 7.10. The number of hydrogen-bond acceptors (Lipinski definition) is 1. The van der Waals surface area contributed by atoms with Gasteiger partial charge in [-0.15, -0.1) is 0 Å². The lowest BCUT2D eigenvalue weighted by atomic mass is 10.2. The van der Waals surface area contributed by atoms with Gasteiger partial charge in [-0.25, -0.2) is 0 Å². The topological polar surface area (TPSA) is 26.0 Å². The second-order valence-electron chi connectivity index (χ2n) is 1.58. The summed E-state index contributed by atoms with van der Waals surface area (Å²) in [7, 11) is 0. The summed E-state index contributed by atoms with van der Waals surface area (Å²) in [5, 5.41) is 0. The van der Waals surface area contributed by atoms with Crippen LogP contribution in [0.4, 0.5) is 0 Å². The van der Waals surface area contributed by atoms with Crippen molar-refractivity contribution in [2.24, 2.45) is 5.73 Å². The Kier molecular flexibility index (Phi) is 4.59. The Bertz CT molecular complexity index is 172. The predicted octanol–water partition coefficient (Wildman–Crippen LogP) is 2.17. The van der Waals surface area contributed by atoms with Gasteiger partial charge in [0.25, 0.3) is 0 Å². The molecule has 1 atom stereocenters. The molecule has 0 radical (unpaired) electrons. The first-order valence-electron chi connectivity index (χ1n) is 4.11. The maximum absolute atomic E-state index is 7.10. The van der Waals surface area contributed by atoms with E-state index in [1.165, 1.54) is 0 Å². The highest BCUT2D eigenvalue weighted by Gasteiger charge is 1.80. The van der Waals surface area contributed by atoms with Crippen LogP contribution < -0.4 is 5.73 Å². The Morgan fingerprint density at radius 2 is 1.80 bits per heavy atom. The second-order valence-corrected chi connectivity index (χ2v) is 1.58. The first-order chi connectivity index (χ1) is 5.30. The van der Waals surface area contributed by atoms with Gasteiger partial charge in [-0.05, 0) is 5.56 Å². The Hall–Kier alpha value is -0.820. The van der Waals surface area contributed by atoms with Crippen molar-refractivity contribution in [3.8, 4) is 0 Å². The summed E-state index contributed by atoms with van der Waals surface area (Å²) >= 11 is 0. The van der Waals surface area contributed by atoms with Crippen molar-refractivity contribution in [1.82, 2.24) is 0 Å². The van der Waals surface area contributed by atoms with E-state index in [-0.39, 0.29) is 0 Å². The highest BCUT2D eigenvalue weighted by atomic mass is 14.5. The largest absolute Gasteiger partial charge is 0.326 e. The van der Waals surface area contributed by atoms with Crippen LogP contribution in [0.15, 0.2) is 30.3 Å². The molecule has 10 heavy (non-hydrogen) atoms. The third kappa shape index (κ3) is 3.25. The summed E-state index contributed by atoms with van der Waals surface area (Å²) in [5.41, 5.74) is 6.14. The van der Waals surface area contributed by atoms with Crippen molar-refractivity contribution in [2.75, 3.05) is 0 Å². The minimum Gasteiger partial charge on any atom is -0.326 e. The SMILES string of the molecule is CC.[2H]C(N)c1ccccc1. The lowest BCUT2D eigenvalue weighted by Gasteiger charge is -1.90. The predicted molar refractivity (Wildman–Crippen MR) is 45.7 cm³/mol. The quantitative estimate of drug-likeness (QED) is 0.632. The monoisotopic (exact) mass is 138 g/mol. The Labute approximate surface area is 64.3 Å². The van der Waals surface area contributed by atoms with Crippen molar-refractivity contribution < 1.29 is 1.37 Å². The molecule has 2 N–H and O–H groups in total. The van der Waals surface area contributed by atoms with Crippen LogP contribution in [0.25, 0.3) is 0 Å². The molecular weight excluding hydrogens is 122 g/mol. The van der Waals surface area contributed by atoms with Crippen LogP contribution in [0.5, 0.6) is 0 Å². The molecule has 1 aromatic rings. The van der Waals surface area contributed by atoms with Crippen molar-refractivity contribution in [3.63, 3.8) is 0 Å². The zero-order valence-corrected chi connectivity index (χ0v) is 6.54. The summed E-state index contributed by atoms with van der Waals surface area (Å²) in [6.07, 6.45) is 0. The zero-order chi connectivity index (χ0) is 8.69. The van der Waals surface area contributed by atoms with Gasteiger partial charge >= 0.3 is 0 Å². The fraction of sp³-hybridized carbons (Fsp3) is 0.333. The lowest BCUT2D eigenvalue weighted by Crippen LogP contribution is -1.94. The molecule has 1 nitrogen and oxygen atoms in total. The van der Waals surface area contributed by atoms with Crippen LogP contribution in [0.1, 0.15) is 20.8 Å². The van der Waals surface area contributed by atoms with Gasteiger partial charge in [0, 0.05) is 7.89 Å². The maximum atomic E-state index is 7.10. The molecule has 56 valence electrons. The summed E-state index contributed by atoms with van der Waals surface area (Å²) in [6, 6.07) is 9.36. The molecule has 0 saturated heterocycles. The highest BCUT2D eigenvalue weighted by Crippen LogP contribution is 1.94. The molecule has 0 bridgehead atoms. The molecule has 0 heterocycles. The number of rotatable bonds is 1. The van der Waals surface area contributed by atoms with Gasteiger partial charge in [0.15, 0.2) is 0 Å². The summed E-state index contributed by atoms with van der Waals surface area (Å²) in [6.45, 7) is 3.41. The van der Waals surface area contributed by atoms with Crippen LogP contribution in [-0.4, -0.2) is 0 Å². The van der Waals surface area contributed by atoms with Gasteiger partial charge in [0.05, 0.1) is 0 Å². The van der Waals surface area contributed by atoms with Gasteiger partial charge in [-0.2, -0.15) is 0 Å². The average molecular weight is 138 g/mol. The smallest absolute Gasteiger partial charge is 0.0477 e. The molecule has 0 spiro atoms. The fourth-order valence-electron chi connectivity index (χ4n) is 0.564. The summed E-state index contributed by atoms with van der Waals surface area (Å²) in [5.74, 6) is 0. The van der Waals surface area contributed by atoms with Crippen molar-refractivity contribution in [1.29, 1.82) is 0 Å². The molecule has 0 saturated carbocycles. The van der Waals surface area contributed by atoms with Crippen LogP contribution in [-0.2, 0) is 6.52 Å². The van der Waals surface area contributed by atoms with Gasteiger partial charge in [-0.3, -0.25) is 0 Å². The minimum atomic E-state index is -0.591. The van der Waals surface area contributed by atoms with Crippen LogP contribution in [0.2, 0.25) is 0 Å². The lowest BCUT2D eigenvalue weighted by molar-refractivity contribution is 1.07. The Morgan fingerprint density at radius 3 is 2.10 bits per heavy atom. The molecule has 1 heteroatoms. The number of benzene rings is 1. The van der Waals surface area contributed by atoms with E-state index in [1.54, 1.807) is 0 Å². The van der Waals surface area contributed by atoms with E-state index in [0.717, 1.165) is 5.56 Å². The van der Waals surface area contributed by atoms with Gasteiger partial charge < -0.3 is 5.73 Å². The third-order valence-electron chi connectivity index (χ3n) is 0.992. The highest BCUT2D eigenvalue weighted by molar-refractivity contribution is 5.13. The van der Waals surface area contributed by atoms with E-state index in [9.17, 15) is 0 Å². The molecule has 1 aromatic carbocycles. The minimum absolute atomic E-state index is 0.591. The molecule has 0 fully saturated rings. The first kappa shape index (κ1) is 7.29. The van der Waals surface area contributed by atoms with E-state index >= 15 is 0 Å². The van der Waals surface area contributed by atoms with Gasteiger partial charge in [0.2, 0.25) is 0 Å². The van der Waals surface area contributed by atoms with Gasteiger partial charge in [-0.1, -0.05) is 44.2 Å². The van der Waals surface area contributed by atoms with Crippen LogP contribution >= 0.6 is 0 Å². The van der Waals surface area contributed by atoms with E-state index in [0.29, 0.717) is 0 Å². The van der Waals surface area contributed by atoms with Gasteiger partial charge in [0.1, 0.15) is 0 Å². The Morgan fingerprint density at radius 1 is 1.30 bits per heavy atom.